The molecule has 0 aromatic heterocycles. The number of aliphatic hydroxyl groups excluding tert-OH is 1. The van der Waals surface area contributed by atoms with Gasteiger partial charge in [0.05, 0.1) is 0 Å². The van der Waals surface area contributed by atoms with Crippen LogP contribution in [0.15, 0.2) is 59.1 Å². The zero-order valence-electron chi connectivity index (χ0n) is 19.0. The molecule has 6 nitrogen and oxygen atoms in total. The molecule has 0 unspecified atom stereocenters. The fourth-order valence-electron chi connectivity index (χ4n) is 2.83. The molecule has 0 saturated carbocycles. The minimum absolute atomic E-state index is 0.283. The molecule has 0 aliphatic heterocycles. The third kappa shape index (κ3) is 7.67. The number of carboxylic acid groups (broad SMARTS) is 1. The first-order chi connectivity index (χ1) is 15.7. The number of aliphatic carboxylic acids is 1. The Morgan fingerprint density at radius 2 is 1.79 bits per heavy atom. The van der Waals surface area contributed by atoms with Crippen molar-refractivity contribution in [3.63, 3.8) is 0 Å². The minimum Gasteiger partial charge on any atom is -0.506 e. The second-order valence-electron chi connectivity index (χ2n) is 6.67. The fraction of sp³-hybridized carbons (Fsp3) is 0.192. The maximum Gasteiger partial charge on any atom is 0.322 e. The average molecular weight is 467 g/mol. The van der Waals surface area contributed by atoms with E-state index in [2.05, 4.69) is 16.2 Å². The summed E-state index contributed by atoms with van der Waals surface area (Å²) in [6.45, 7) is 4.99. The van der Waals surface area contributed by atoms with Gasteiger partial charge in [0.2, 0.25) is 0 Å². The second kappa shape index (κ2) is 13.6. The molecule has 2 aromatic rings. The average Bonchev–Trinajstić information content (AvgIpc) is 2.82. The molecule has 2 aromatic carbocycles. The number of allylic oxidation sites excluding steroid dienone is 2. The molecular weight excluding hydrogens is 440 g/mol. The first-order valence-corrected chi connectivity index (χ1v) is 10.4. The van der Waals surface area contributed by atoms with E-state index < -0.39 is 24.2 Å². The van der Waals surface area contributed by atoms with Crippen LogP contribution in [0.3, 0.4) is 0 Å². The molecule has 0 bridgehead atoms. The summed E-state index contributed by atoms with van der Waals surface area (Å²) in [6.07, 6.45) is 9.06. The van der Waals surface area contributed by atoms with Gasteiger partial charge in [-0.05, 0) is 61.4 Å². The predicted octanol–water partition coefficient (Wildman–Crippen LogP) is 5.24. The lowest BCUT2D eigenvalue weighted by Crippen LogP contribution is -2.30. The molecule has 0 atom stereocenters. The van der Waals surface area contributed by atoms with E-state index in [4.69, 9.17) is 23.1 Å². The van der Waals surface area contributed by atoms with Crippen LogP contribution in [0, 0.1) is 12.3 Å². The van der Waals surface area contributed by atoms with Crippen LogP contribution in [-0.2, 0) is 9.59 Å². The molecule has 0 aliphatic rings. The smallest absolute Gasteiger partial charge is 0.322 e. The Bertz CT molecular complexity index is 1120. The summed E-state index contributed by atoms with van der Waals surface area (Å²) >= 11 is 6.31. The Morgan fingerprint density at radius 3 is 2.27 bits per heavy atom. The van der Waals surface area contributed by atoms with Crippen LogP contribution in [0.25, 0.3) is 22.5 Å². The monoisotopic (exact) mass is 466 g/mol. The number of carbonyl (C=O) groups is 2. The third-order valence-corrected chi connectivity index (χ3v) is 4.76. The predicted molar refractivity (Wildman–Crippen MR) is 135 cm³/mol. The molecular formula is C26H27ClN2O4. The summed E-state index contributed by atoms with van der Waals surface area (Å²) < 4.78 is 0. The second-order valence-corrected chi connectivity index (χ2v) is 7.11. The van der Waals surface area contributed by atoms with E-state index in [9.17, 15) is 14.7 Å². The maximum absolute atomic E-state index is 12.3. The van der Waals surface area contributed by atoms with Gasteiger partial charge in [0.1, 0.15) is 17.9 Å². The van der Waals surface area contributed by atoms with Crippen LogP contribution >= 0.6 is 11.6 Å². The van der Waals surface area contributed by atoms with Crippen molar-refractivity contribution in [1.29, 1.82) is 0 Å². The molecule has 7 heteroatoms. The van der Waals surface area contributed by atoms with Crippen LogP contribution in [0.1, 0.15) is 31.9 Å². The zero-order valence-corrected chi connectivity index (χ0v) is 19.8. The number of hydrogen-bond donors (Lipinski definition) is 3. The normalized spacial score (nSPS) is 11.7. The van der Waals surface area contributed by atoms with Gasteiger partial charge in [-0.3, -0.25) is 9.59 Å². The number of amides is 1. The number of carbonyl (C=O) groups excluding carboxylic acids is 1. The molecule has 2 rings (SSSR count). The van der Waals surface area contributed by atoms with Crippen LogP contribution in [-0.4, -0.2) is 41.9 Å². The van der Waals surface area contributed by atoms with E-state index in [0.717, 1.165) is 16.7 Å². The highest BCUT2D eigenvalue weighted by Gasteiger charge is 2.21. The quantitative estimate of drug-likeness (QED) is 0.234. The van der Waals surface area contributed by atoms with E-state index in [0.29, 0.717) is 10.6 Å². The number of aliphatic imine (C=N–C) groups is 1. The Morgan fingerprint density at radius 1 is 1.18 bits per heavy atom. The van der Waals surface area contributed by atoms with Crippen molar-refractivity contribution in [1.82, 2.24) is 5.32 Å². The van der Waals surface area contributed by atoms with Gasteiger partial charge in [-0.2, -0.15) is 0 Å². The SMILES string of the molecule is C#C/C(C(=O)NCC(=O)O)=C(/O)c1cc(Cl)cc(-c2ccccc2)c1/C(C)=C\C.CC=NC. The fourth-order valence-corrected chi connectivity index (χ4v) is 3.05. The third-order valence-electron chi connectivity index (χ3n) is 4.54. The lowest BCUT2D eigenvalue weighted by molar-refractivity contribution is -0.137. The number of halogens is 1. The molecule has 0 heterocycles. The summed E-state index contributed by atoms with van der Waals surface area (Å²) in [7, 11) is 1.75. The Balaban J connectivity index is 0.00000125. The van der Waals surface area contributed by atoms with Crippen molar-refractivity contribution < 1.29 is 19.8 Å². The summed E-state index contributed by atoms with van der Waals surface area (Å²) in [5.74, 6) is -0.395. The van der Waals surface area contributed by atoms with Crippen LogP contribution < -0.4 is 5.32 Å². The van der Waals surface area contributed by atoms with Gasteiger partial charge >= 0.3 is 5.97 Å². The molecule has 0 saturated heterocycles. The molecule has 0 radical (unpaired) electrons. The topological polar surface area (TPSA) is 99.0 Å². The molecule has 33 heavy (non-hydrogen) atoms. The van der Waals surface area contributed by atoms with E-state index in [1.807, 2.05) is 57.2 Å². The van der Waals surface area contributed by atoms with Crippen LogP contribution in [0.5, 0.6) is 0 Å². The standard InChI is InChI=1S/C23H20ClNO4.C3H7N/c1-4-14(3)21-18(15-9-7-6-8-10-15)11-16(24)12-19(21)22(28)17(5-2)23(29)25-13-20(26)27;1-3-4-2/h2,4,6-12,28H,13H2,1,3H3,(H,25,29)(H,26,27);3H,1-2H3/b14-4-,22-17-;. The van der Waals surface area contributed by atoms with Gasteiger partial charge in [0.25, 0.3) is 5.91 Å². The lowest BCUT2D eigenvalue weighted by atomic mass is 9.89. The summed E-state index contributed by atoms with van der Waals surface area (Å²) in [5, 5.41) is 22.1. The highest BCUT2D eigenvalue weighted by Crippen LogP contribution is 2.37. The van der Waals surface area contributed by atoms with Gasteiger partial charge in [-0.25, -0.2) is 0 Å². The van der Waals surface area contributed by atoms with Crippen molar-refractivity contribution in [2.24, 2.45) is 4.99 Å². The minimum atomic E-state index is -1.23. The van der Waals surface area contributed by atoms with Crippen molar-refractivity contribution in [2.45, 2.75) is 20.8 Å². The lowest BCUT2D eigenvalue weighted by Gasteiger charge is -2.17. The number of carboxylic acids is 1. The number of aliphatic hydroxyl groups is 1. The van der Waals surface area contributed by atoms with E-state index in [-0.39, 0.29) is 11.1 Å². The van der Waals surface area contributed by atoms with Crippen LogP contribution in [0.4, 0.5) is 0 Å². The van der Waals surface area contributed by atoms with Crippen molar-refractivity contribution in [2.75, 3.05) is 13.6 Å². The van der Waals surface area contributed by atoms with E-state index in [1.165, 1.54) is 6.07 Å². The van der Waals surface area contributed by atoms with E-state index >= 15 is 0 Å². The Kier molecular flexibility index (Phi) is 11.2. The maximum atomic E-state index is 12.3. The highest BCUT2D eigenvalue weighted by molar-refractivity contribution is 6.31. The summed E-state index contributed by atoms with van der Waals surface area (Å²) in [5.41, 5.74) is 3.04. The number of hydrogen-bond acceptors (Lipinski definition) is 4. The largest absolute Gasteiger partial charge is 0.506 e. The number of terminal acetylenes is 1. The highest BCUT2D eigenvalue weighted by atomic mass is 35.5. The Labute approximate surface area is 199 Å². The summed E-state index contributed by atoms with van der Waals surface area (Å²) in [4.78, 5) is 26.6. The molecule has 0 aliphatic carbocycles. The number of benzene rings is 2. The van der Waals surface area contributed by atoms with Crippen molar-refractivity contribution >= 4 is 41.0 Å². The molecule has 0 fully saturated rings. The van der Waals surface area contributed by atoms with Crippen molar-refractivity contribution in [3.05, 3.63) is 70.3 Å². The summed E-state index contributed by atoms with van der Waals surface area (Å²) in [6, 6.07) is 12.8. The Hall–Kier alpha value is -3.82. The molecule has 3 N–H and O–H groups in total. The number of rotatable bonds is 6. The molecule has 172 valence electrons. The first-order valence-electron chi connectivity index (χ1n) is 10.0. The van der Waals surface area contributed by atoms with Crippen LogP contribution in [0.2, 0.25) is 5.02 Å². The molecule has 1 amide bonds. The number of nitrogens with one attached hydrogen (secondary N) is 1. The van der Waals surface area contributed by atoms with Gasteiger partial charge in [-0.15, -0.1) is 6.42 Å². The van der Waals surface area contributed by atoms with Crippen molar-refractivity contribution in [3.8, 4) is 23.5 Å². The van der Waals surface area contributed by atoms with Gasteiger partial charge in [-0.1, -0.05) is 53.9 Å². The number of nitrogens with zero attached hydrogens (tertiary/aromatic N) is 1. The first kappa shape index (κ1) is 27.2. The van der Waals surface area contributed by atoms with E-state index in [1.54, 1.807) is 19.3 Å². The molecule has 0 spiro atoms. The van der Waals surface area contributed by atoms with Gasteiger partial charge in [0, 0.05) is 17.6 Å². The van der Waals surface area contributed by atoms with Gasteiger partial charge < -0.3 is 20.5 Å². The van der Waals surface area contributed by atoms with Gasteiger partial charge in [0.15, 0.2) is 0 Å². The zero-order chi connectivity index (χ0) is 25.0.